The van der Waals surface area contributed by atoms with Crippen LogP contribution in [-0.4, -0.2) is 64.4 Å². The van der Waals surface area contributed by atoms with Crippen molar-refractivity contribution in [3.63, 3.8) is 0 Å². The lowest BCUT2D eigenvalue weighted by atomic mass is 9.78. The van der Waals surface area contributed by atoms with E-state index in [9.17, 15) is 13.2 Å². The number of piperidine rings is 1. The van der Waals surface area contributed by atoms with E-state index in [2.05, 4.69) is 4.72 Å². The monoisotopic (exact) mass is 319 g/mol. The summed E-state index contributed by atoms with van der Waals surface area (Å²) in [5.41, 5.74) is 5.33. The number of hydrogen-bond donors (Lipinski definition) is 2. The topological polar surface area (TPSA) is 102 Å². The van der Waals surface area contributed by atoms with Crippen LogP contribution in [0, 0.1) is 5.41 Å². The van der Waals surface area contributed by atoms with Crippen molar-refractivity contribution in [1.82, 2.24) is 9.62 Å². The number of sulfonamides is 1. The highest BCUT2D eigenvalue weighted by Crippen LogP contribution is 2.32. The van der Waals surface area contributed by atoms with E-state index in [1.165, 1.54) is 0 Å². The molecule has 2 aliphatic heterocycles. The highest BCUT2D eigenvalue weighted by atomic mass is 32.2. The molecule has 0 aliphatic carbocycles. The quantitative estimate of drug-likeness (QED) is 0.712. The molecule has 2 aliphatic rings. The first kappa shape index (κ1) is 16.7. The van der Waals surface area contributed by atoms with Crippen LogP contribution in [0.25, 0.3) is 0 Å². The molecule has 7 nitrogen and oxygen atoms in total. The molecule has 1 atom stereocenters. The maximum Gasteiger partial charge on any atom is 0.230 e. The van der Waals surface area contributed by atoms with Crippen LogP contribution < -0.4 is 10.5 Å². The Bertz CT molecular complexity index is 474. The fraction of sp³-hybridized carbons (Fsp3) is 0.923. The predicted molar refractivity (Wildman–Crippen MR) is 79.1 cm³/mol. The molecule has 0 spiro atoms. The van der Waals surface area contributed by atoms with Crippen LogP contribution in [-0.2, 0) is 19.6 Å². The molecule has 0 bridgehead atoms. The second kappa shape index (κ2) is 6.60. The number of hydrogen-bond acceptors (Lipinski definition) is 5. The lowest BCUT2D eigenvalue weighted by Gasteiger charge is -2.41. The van der Waals surface area contributed by atoms with Gasteiger partial charge in [0.05, 0.1) is 11.7 Å². The van der Waals surface area contributed by atoms with Crippen LogP contribution in [0.3, 0.4) is 0 Å². The number of carbonyl (C=O) groups excluding carboxylic acids is 1. The highest BCUT2D eigenvalue weighted by molar-refractivity contribution is 7.88. The Labute approximate surface area is 126 Å². The van der Waals surface area contributed by atoms with Gasteiger partial charge in [0, 0.05) is 38.9 Å². The molecule has 0 aromatic rings. The van der Waals surface area contributed by atoms with Crippen LogP contribution in [0.4, 0.5) is 0 Å². The zero-order valence-electron chi connectivity index (χ0n) is 12.5. The molecule has 0 aromatic carbocycles. The Hall–Kier alpha value is -0.700. The second-order valence-corrected chi connectivity index (χ2v) is 7.86. The third-order valence-electron chi connectivity index (χ3n) is 4.38. The van der Waals surface area contributed by atoms with Crippen molar-refractivity contribution in [2.45, 2.75) is 31.7 Å². The van der Waals surface area contributed by atoms with Gasteiger partial charge >= 0.3 is 0 Å². The van der Waals surface area contributed by atoms with Gasteiger partial charge in [-0.3, -0.25) is 4.79 Å². The van der Waals surface area contributed by atoms with Gasteiger partial charge in [0.2, 0.25) is 15.9 Å². The number of likely N-dealkylation sites (tertiary alicyclic amines) is 1. The summed E-state index contributed by atoms with van der Waals surface area (Å²) in [6.07, 6.45) is 3.99. The maximum absolute atomic E-state index is 12.8. The third-order valence-corrected chi connectivity index (χ3v) is 5.15. The van der Waals surface area contributed by atoms with E-state index in [1.807, 2.05) is 0 Å². The molecule has 2 fully saturated rings. The molecular weight excluding hydrogens is 294 g/mol. The fourth-order valence-corrected chi connectivity index (χ4v) is 3.96. The van der Waals surface area contributed by atoms with E-state index in [0.29, 0.717) is 45.7 Å². The summed E-state index contributed by atoms with van der Waals surface area (Å²) < 4.78 is 30.6. The molecule has 3 N–H and O–H groups in total. The van der Waals surface area contributed by atoms with Crippen LogP contribution in [0.1, 0.15) is 25.7 Å². The van der Waals surface area contributed by atoms with Gasteiger partial charge in [0.1, 0.15) is 0 Å². The third kappa shape index (κ3) is 4.15. The van der Waals surface area contributed by atoms with Gasteiger partial charge in [-0.1, -0.05) is 0 Å². The average molecular weight is 319 g/mol. The summed E-state index contributed by atoms with van der Waals surface area (Å²) in [6.45, 7) is 2.53. The number of nitrogens with one attached hydrogen (secondary N) is 1. The number of nitrogens with two attached hydrogens (primary N) is 1. The van der Waals surface area contributed by atoms with E-state index < -0.39 is 15.4 Å². The molecular formula is C13H25N3O4S. The van der Waals surface area contributed by atoms with Gasteiger partial charge in [-0.2, -0.15) is 0 Å². The highest BCUT2D eigenvalue weighted by Gasteiger charge is 2.42. The molecule has 1 unspecified atom stereocenters. The van der Waals surface area contributed by atoms with Crippen molar-refractivity contribution in [2.75, 3.05) is 39.1 Å². The molecule has 122 valence electrons. The standard InChI is InChI=1S/C13H25N3O4S/c1-21(18,19)15-11-3-2-6-16(9-11)12(17)13(10-14)4-7-20-8-5-13/h11,15H,2-10,14H2,1H3. The van der Waals surface area contributed by atoms with Gasteiger partial charge in [-0.15, -0.1) is 0 Å². The first-order valence-electron chi connectivity index (χ1n) is 7.41. The first-order chi connectivity index (χ1) is 9.86. The normalized spacial score (nSPS) is 26.6. The molecule has 21 heavy (non-hydrogen) atoms. The van der Waals surface area contributed by atoms with Crippen LogP contribution in [0.2, 0.25) is 0 Å². The van der Waals surface area contributed by atoms with Crippen LogP contribution >= 0.6 is 0 Å². The molecule has 2 rings (SSSR count). The fourth-order valence-electron chi connectivity index (χ4n) is 3.16. The SMILES string of the molecule is CS(=O)(=O)NC1CCCN(C(=O)C2(CN)CCOCC2)C1. The van der Waals surface area contributed by atoms with Gasteiger partial charge in [-0.05, 0) is 25.7 Å². The Morgan fingerprint density at radius 1 is 1.43 bits per heavy atom. The van der Waals surface area contributed by atoms with Crippen LogP contribution in [0.15, 0.2) is 0 Å². The Morgan fingerprint density at radius 2 is 2.10 bits per heavy atom. The van der Waals surface area contributed by atoms with Crippen molar-refractivity contribution < 1.29 is 17.9 Å². The maximum atomic E-state index is 12.8. The molecule has 0 radical (unpaired) electrons. The molecule has 0 aromatic heterocycles. The van der Waals surface area contributed by atoms with Crippen molar-refractivity contribution in [2.24, 2.45) is 11.1 Å². The first-order valence-corrected chi connectivity index (χ1v) is 9.30. The lowest BCUT2D eigenvalue weighted by molar-refractivity contribution is -0.148. The minimum atomic E-state index is -3.25. The van der Waals surface area contributed by atoms with Crippen LogP contribution in [0.5, 0.6) is 0 Å². The number of nitrogens with zero attached hydrogens (tertiary/aromatic N) is 1. The Morgan fingerprint density at radius 3 is 2.67 bits per heavy atom. The minimum Gasteiger partial charge on any atom is -0.381 e. The van der Waals surface area contributed by atoms with Gasteiger partial charge in [0.15, 0.2) is 0 Å². The summed E-state index contributed by atoms with van der Waals surface area (Å²) in [6, 6.07) is -0.202. The van der Waals surface area contributed by atoms with E-state index in [1.54, 1.807) is 4.90 Å². The van der Waals surface area contributed by atoms with Crippen molar-refractivity contribution in [3.8, 4) is 0 Å². The summed E-state index contributed by atoms with van der Waals surface area (Å²) in [5.74, 6) is 0.0494. The Kier molecular flexibility index (Phi) is 5.24. The summed E-state index contributed by atoms with van der Waals surface area (Å²) in [5, 5.41) is 0. The number of carbonyl (C=O) groups is 1. The lowest BCUT2D eigenvalue weighted by Crippen LogP contribution is -2.56. The van der Waals surface area contributed by atoms with Gasteiger partial charge in [0.25, 0.3) is 0 Å². The zero-order chi connectivity index (χ0) is 15.5. The summed E-state index contributed by atoms with van der Waals surface area (Å²) >= 11 is 0. The number of ether oxygens (including phenoxy) is 1. The average Bonchev–Trinajstić information content (AvgIpc) is 2.45. The molecule has 0 saturated carbocycles. The smallest absolute Gasteiger partial charge is 0.230 e. The van der Waals surface area contributed by atoms with E-state index in [-0.39, 0.29) is 11.9 Å². The minimum absolute atomic E-state index is 0.0494. The van der Waals surface area contributed by atoms with Gasteiger partial charge < -0.3 is 15.4 Å². The predicted octanol–water partition coefficient (Wildman–Crippen LogP) is -0.718. The van der Waals surface area contributed by atoms with Gasteiger partial charge in [-0.25, -0.2) is 13.1 Å². The van der Waals surface area contributed by atoms with Crippen molar-refractivity contribution in [1.29, 1.82) is 0 Å². The summed E-state index contributed by atoms with van der Waals surface area (Å²) in [7, 11) is -3.25. The zero-order valence-corrected chi connectivity index (χ0v) is 13.3. The van der Waals surface area contributed by atoms with E-state index in [0.717, 1.165) is 19.1 Å². The summed E-state index contributed by atoms with van der Waals surface area (Å²) in [4.78, 5) is 14.6. The largest absolute Gasteiger partial charge is 0.381 e. The number of rotatable bonds is 4. The Balaban J connectivity index is 2.04. The second-order valence-electron chi connectivity index (χ2n) is 6.08. The molecule has 1 amide bonds. The van der Waals surface area contributed by atoms with E-state index >= 15 is 0 Å². The molecule has 8 heteroatoms. The molecule has 2 saturated heterocycles. The van der Waals surface area contributed by atoms with E-state index in [4.69, 9.17) is 10.5 Å². The van der Waals surface area contributed by atoms with Crippen molar-refractivity contribution in [3.05, 3.63) is 0 Å². The number of amides is 1. The molecule has 2 heterocycles. The van der Waals surface area contributed by atoms with Crippen molar-refractivity contribution >= 4 is 15.9 Å².